The molecule has 0 radical (unpaired) electrons. The van der Waals surface area contributed by atoms with Crippen molar-refractivity contribution in [2.45, 2.75) is 31.7 Å². The van der Waals surface area contributed by atoms with Gasteiger partial charge in [0.25, 0.3) is 0 Å². The van der Waals surface area contributed by atoms with E-state index in [1.807, 2.05) is 6.19 Å². The highest BCUT2D eigenvalue weighted by Crippen LogP contribution is 2.34. The number of hydrogen-bond acceptors (Lipinski definition) is 8. The van der Waals surface area contributed by atoms with Gasteiger partial charge in [0, 0.05) is 18.3 Å². The summed E-state index contributed by atoms with van der Waals surface area (Å²) in [5, 5.41) is 31.3. The highest BCUT2D eigenvalue weighted by Gasteiger charge is 2.33. The van der Waals surface area contributed by atoms with Gasteiger partial charge in [-0.1, -0.05) is 5.21 Å². The van der Waals surface area contributed by atoms with Crippen molar-refractivity contribution in [3.63, 3.8) is 0 Å². The predicted molar refractivity (Wildman–Crippen MR) is 119 cm³/mol. The maximum Gasteiger partial charge on any atom is 0.179 e. The molecule has 4 aromatic rings. The second kappa shape index (κ2) is 9.46. The lowest BCUT2D eigenvalue weighted by Gasteiger charge is -2.31. The number of rotatable bonds is 6. The molecule has 0 aliphatic carbocycles. The SMILES string of the molecule is Cc1c(-c2cc(O[C@H](CO)c3ccc(F)cn3)c3c(F)cnn3c2)nnn1[C@H]1CCN(C#N)C[C@H]1F. The zero-order valence-corrected chi connectivity index (χ0v) is 19.1. The molecule has 5 rings (SSSR count). The van der Waals surface area contributed by atoms with E-state index in [9.17, 15) is 18.3 Å². The van der Waals surface area contributed by atoms with Gasteiger partial charge in [-0.05, 0) is 31.5 Å². The van der Waals surface area contributed by atoms with Gasteiger partial charge in [0.15, 0.2) is 18.1 Å². The molecule has 0 aromatic carbocycles. The molecule has 10 nitrogen and oxygen atoms in total. The summed E-state index contributed by atoms with van der Waals surface area (Å²) in [4.78, 5) is 5.31. The summed E-state index contributed by atoms with van der Waals surface area (Å²) >= 11 is 0. The fourth-order valence-corrected chi connectivity index (χ4v) is 4.37. The predicted octanol–water partition coefficient (Wildman–Crippen LogP) is 2.75. The average molecular weight is 498 g/mol. The maximum absolute atomic E-state index is 14.8. The Labute approximate surface area is 203 Å². The average Bonchev–Trinajstić information content (AvgIpc) is 3.45. The van der Waals surface area contributed by atoms with E-state index in [1.165, 1.54) is 32.3 Å². The van der Waals surface area contributed by atoms with Crippen molar-refractivity contribution < 1.29 is 23.0 Å². The number of fused-ring (bicyclic) bond motifs is 1. The number of ether oxygens (including phenoxy) is 1. The number of alkyl halides is 1. The normalized spacial score (nSPS) is 18.8. The maximum atomic E-state index is 14.8. The molecule has 0 spiro atoms. The van der Waals surface area contributed by atoms with Crippen LogP contribution in [-0.2, 0) is 0 Å². The van der Waals surface area contributed by atoms with E-state index < -0.39 is 36.6 Å². The van der Waals surface area contributed by atoms with E-state index >= 15 is 0 Å². The third-order valence-electron chi connectivity index (χ3n) is 6.21. The number of pyridine rings is 2. The Balaban J connectivity index is 1.52. The molecular weight excluding hydrogens is 477 g/mol. The lowest BCUT2D eigenvalue weighted by molar-refractivity contribution is 0.114. The van der Waals surface area contributed by atoms with Crippen molar-refractivity contribution in [1.29, 1.82) is 5.26 Å². The van der Waals surface area contributed by atoms with Crippen LogP contribution in [0.4, 0.5) is 13.2 Å². The monoisotopic (exact) mass is 498 g/mol. The Morgan fingerprint density at radius 1 is 1.31 bits per heavy atom. The quantitative estimate of drug-likeness (QED) is 0.404. The first-order chi connectivity index (χ1) is 17.4. The van der Waals surface area contributed by atoms with Gasteiger partial charge in [0.2, 0.25) is 0 Å². The van der Waals surface area contributed by atoms with Gasteiger partial charge in [-0.3, -0.25) is 4.98 Å². The Morgan fingerprint density at radius 3 is 2.83 bits per heavy atom. The van der Waals surface area contributed by atoms with Crippen LogP contribution in [0.3, 0.4) is 0 Å². The van der Waals surface area contributed by atoms with Crippen LogP contribution in [0.25, 0.3) is 16.8 Å². The van der Waals surface area contributed by atoms with E-state index in [0.717, 1.165) is 12.4 Å². The number of aliphatic hydroxyl groups excluding tert-OH is 1. The molecule has 0 saturated carbocycles. The number of likely N-dealkylation sites (tertiary alicyclic amines) is 1. The van der Waals surface area contributed by atoms with Crippen molar-refractivity contribution in [3.05, 3.63) is 59.8 Å². The molecule has 1 N–H and O–H groups in total. The molecule has 3 atom stereocenters. The zero-order chi connectivity index (χ0) is 25.4. The summed E-state index contributed by atoms with van der Waals surface area (Å²) in [5.41, 5.74) is 1.73. The van der Waals surface area contributed by atoms with E-state index in [-0.39, 0.29) is 23.5 Å². The van der Waals surface area contributed by atoms with Gasteiger partial charge in [-0.2, -0.15) is 10.4 Å². The zero-order valence-electron chi connectivity index (χ0n) is 19.1. The van der Waals surface area contributed by atoms with Gasteiger partial charge in [0.1, 0.15) is 28.9 Å². The molecule has 36 heavy (non-hydrogen) atoms. The Hall–Kier alpha value is -4.18. The number of aromatic nitrogens is 6. The van der Waals surface area contributed by atoms with Crippen LogP contribution in [0.5, 0.6) is 5.75 Å². The van der Waals surface area contributed by atoms with Crippen LogP contribution in [-0.4, -0.2) is 65.5 Å². The largest absolute Gasteiger partial charge is 0.479 e. The molecule has 4 aromatic heterocycles. The summed E-state index contributed by atoms with van der Waals surface area (Å²) in [7, 11) is 0. The number of halogens is 3. The van der Waals surface area contributed by atoms with E-state index in [2.05, 4.69) is 20.4 Å². The lowest BCUT2D eigenvalue weighted by Crippen LogP contribution is -2.40. The first kappa shape index (κ1) is 23.6. The molecule has 1 saturated heterocycles. The van der Waals surface area contributed by atoms with Gasteiger partial charge in [0.05, 0.1) is 43.0 Å². The van der Waals surface area contributed by atoms with Crippen LogP contribution in [0.15, 0.2) is 36.8 Å². The van der Waals surface area contributed by atoms with Crippen molar-refractivity contribution >= 4 is 5.52 Å². The van der Waals surface area contributed by atoms with Gasteiger partial charge in [-0.25, -0.2) is 22.4 Å². The van der Waals surface area contributed by atoms with Crippen LogP contribution in [0.1, 0.15) is 30.0 Å². The van der Waals surface area contributed by atoms with Crippen LogP contribution in [0.2, 0.25) is 0 Å². The van der Waals surface area contributed by atoms with Crippen LogP contribution >= 0.6 is 0 Å². The molecule has 13 heteroatoms. The third-order valence-corrected chi connectivity index (χ3v) is 6.21. The topological polar surface area (TPSA) is 117 Å². The van der Waals surface area contributed by atoms with Crippen LogP contribution in [0, 0.1) is 30.0 Å². The Bertz CT molecular complexity index is 1430. The van der Waals surface area contributed by atoms with Crippen molar-refractivity contribution in [2.24, 2.45) is 0 Å². The highest BCUT2D eigenvalue weighted by atomic mass is 19.1. The van der Waals surface area contributed by atoms with E-state index in [0.29, 0.717) is 29.9 Å². The summed E-state index contributed by atoms with van der Waals surface area (Å²) in [6, 6.07) is 3.49. The van der Waals surface area contributed by atoms with E-state index in [4.69, 9.17) is 10.00 Å². The first-order valence-electron chi connectivity index (χ1n) is 11.2. The first-order valence-corrected chi connectivity index (χ1v) is 11.2. The second-order valence-electron chi connectivity index (χ2n) is 8.46. The molecular formula is C23H21F3N8O2. The highest BCUT2D eigenvalue weighted by molar-refractivity contribution is 5.70. The summed E-state index contributed by atoms with van der Waals surface area (Å²) in [6.07, 6.45) is 3.60. The fraction of sp³-hybridized carbons (Fsp3) is 0.348. The molecule has 5 heterocycles. The fourth-order valence-electron chi connectivity index (χ4n) is 4.37. The molecule has 1 aliphatic rings. The van der Waals surface area contributed by atoms with Gasteiger partial charge < -0.3 is 14.7 Å². The number of aliphatic hydroxyl groups is 1. The molecule has 0 amide bonds. The number of nitriles is 1. The summed E-state index contributed by atoms with van der Waals surface area (Å²) in [5.74, 6) is -1.15. The summed E-state index contributed by atoms with van der Waals surface area (Å²) < 4.78 is 51.4. The molecule has 1 aliphatic heterocycles. The van der Waals surface area contributed by atoms with Crippen LogP contribution < -0.4 is 4.74 Å². The second-order valence-corrected chi connectivity index (χ2v) is 8.46. The smallest absolute Gasteiger partial charge is 0.179 e. The Morgan fingerprint density at radius 2 is 2.14 bits per heavy atom. The minimum Gasteiger partial charge on any atom is -0.479 e. The van der Waals surface area contributed by atoms with Gasteiger partial charge >= 0.3 is 0 Å². The van der Waals surface area contributed by atoms with E-state index in [1.54, 1.807) is 13.1 Å². The van der Waals surface area contributed by atoms with Crippen molar-refractivity contribution in [1.82, 2.24) is 34.5 Å². The number of piperidine rings is 1. The molecule has 186 valence electrons. The minimum atomic E-state index is -1.30. The molecule has 1 fully saturated rings. The van der Waals surface area contributed by atoms with Gasteiger partial charge in [-0.15, -0.1) is 5.10 Å². The minimum absolute atomic E-state index is 0.0215. The van der Waals surface area contributed by atoms with Crippen molar-refractivity contribution in [2.75, 3.05) is 19.7 Å². The Kier molecular flexibility index (Phi) is 6.19. The standard InChI is InChI=1S/C23H21F3N8O2/c1-13-22(30-31-34(13)19-4-5-32(12-27)10-17(19)26)14-6-20(23-16(25)8-29-33(23)9-14)36-21(11-35)18-3-2-15(24)7-28-18/h2-3,6-9,17,19,21,35H,4-5,10-11H2,1H3/t17-,19+,21-/m1/s1. The third kappa shape index (κ3) is 4.20. The molecule has 0 unspecified atom stereocenters. The summed E-state index contributed by atoms with van der Waals surface area (Å²) in [6.45, 7) is 1.63. The number of hydrogen-bond donors (Lipinski definition) is 1. The lowest BCUT2D eigenvalue weighted by atomic mass is 10.0. The number of nitrogens with zero attached hydrogens (tertiary/aromatic N) is 8. The van der Waals surface area contributed by atoms with Crippen molar-refractivity contribution in [3.8, 4) is 23.2 Å². The molecule has 0 bridgehead atoms.